The molecule has 1 aliphatic carbocycles. The first kappa shape index (κ1) is 19.2. The highest BCUT2D eigenvalue weighted by molar-refractivity contribution is 7.88. The summed E-state index contributed by atoms with van der Waals surface area (Å²) in [5, 5.41) is 11.6. The standard InChI is InChI=1S/C19H28N6O2S/c1-28(26,27)24-16-6-4-15(5-7-16)23-18-12-14(8-10-20-18)17-13-22-25-11-3-2-9-21-19(17)25/h8,10,12-13,15-16,21,24H,2-7,9,11H2,1H3,(H,20,23). The molecule has 1 saturated carbocycles. The van der Waals surface area contributed by atoms with Gasteiger partial charge in [-0.3, -0.25) is 0 Å². The second kappa shape index (κ2) is 8.08. The Labute approximate surface area is 166 Å². The number of hydrogen-bond acceptors (Lipinski definition) is 6. The highest BCUT2D eigenvalue weighted by atomic mass is 32.2. The molecular formula is C19H28N6O2S. The summed E-state index contributed by atoms with van der Waals surface area (Å²) < 4.78 is 27.6. The molecule has 28 heavy (non-hydrogen) atoms. The number of fused-ring (bicyclic) bond motifs is 1. The van der Waals surface area contributed by atoms with Crippen LogP contribution in [0.4, 0.5) is 11.6 Å². The van der Waals surface area contributed by atoms with E-state index in [0.29, 0.717) is 6.04 Å². The van der Waals surface area contributed by atoms with Gasteiger partial charge >= 0.3 is 0 Å². The van der Waals surface area contributed by atoms with Crippen LogP contribution < -0.4 is 15.4 Å². The lowest BCUT2D eigenvalue weighted by Gasteiger charge is -2.29. The lowest BCUT2D eigenvalue weighted by Crippen LogP contribution is -2.39. The van der Waals surface area contributed by atoms with E-state index in [1.54, 1.807) is 0 Å². The van der Waals surface area contributed by atoms with Gasteiger partial charge in [-0.05, 0) is 56.2 Å². The number of nitrogens with one attached hydrogen (secondary N) is 3. The van der Waals surface area contributed by atoms with Gasteiger partial charge in [-0.2, -0.15) is 5.10 Å². The van der Waals surface area contributed by atoms with Gasteiger partial charge in [0.05, 0.1) is 12.5 Å². The van der Waals surface area contributed by atoms with Crippen LogP contribution in [-0.4, -0.2) is 48.1 Å². The maximum absolute atomic E-state index is 11.4. The van der Waals surface area contributed by atoms with Crippen molar-refractivity contribution < 1.29 is 8.42 Å². The highest BCUT2D eigenvalue weighted by Crippen LogP contribution is 2.31. The molecule has 2 aliphatic rings. The lowest BCUT2D eigenvalue weighted by molar-refractivity contribution is 0.387. The van der Waals surface area contributed by atoms with E-state index >= 15 is 0 Å². The predicted molar refractivity (Wildman–Crippen MR) is 111 cm³/mol. The average Bonchev–Trinajstić information content (AvgIpc) is 2.91. The average molecular weight is 405 g/mol. The Morgan fingerprint density at radius 1 is 1.18 bits per heavy atom. The molecule has 2 aromatic heterocycles. The first-order chi connectivity index (χ1) is 13.5. The summed E-state index contributed by atoms with van der Waals surface area (Å²) in [7, 11) is -3.14. The van der Waals surface area contributed by atoms with Crippen LogP contribution in [0.5, 0.6) is 0 Å². The van der Waals surface area contributed by atoms with Gasteiger partial charge in [0, 0.05) is 36.9 Å². The zero-order valence-corrected chi connectivity index (χ0v) is 17.0. The molecule has 0 atom stereocenters. The van der Waals surface area contributed by atoms with E-state index in [0.717, 1.165) is 74.4 Å². The minimum atomic E-state index is -3.14. The molecule has 152 valence electrons. The molecule has 1 aliphatic heterocycles. The van der Waals surface area contributed by atoms with Crippen molar-refractivity contribution in [3.8, 4) is 11.1 Å². The van der Waals surface area contributed by atoms with E-state index in [-0.39, 0.29) is 6.04 Å². The largest absolute Gasteiger partial charge is 0.370 e. The Bertz CT molecular complexity index is 918. The van der Waals surface area contributed by atoms with Gasteiger partial charge in [0.1, 0.15) is 11.6 Å². The van der Waals surface area contributed by atoms with Gasteiger partial charge < -0.3 is 10.6 Å². The maximum atomic E-state index is 11.4. The molecule has 4 rings (SSSR count). The Hall–Kier alpha value is -2.13. The summed E-state index contributed by atoms with van der Waals surface area (Å²) in [6.07, 6.45) is 10.8. The van der Waals surface area contributed by atoms with Gasteiger partial charge in [0.25, 0.3) is 0 Å². The number of aromatic nitrogens is 3. The van der Waals surface area contributed by atoms with Gasteiger partial charge in [-0.25, -0.2) is 22.8 Å². The van der Waals surface area contributed by atoms with E-state index in [1.165, 1.54) is 6.26 Å². The first-order valence-electron chi connectivity index (χ1n) is 9.98. The second-order valence-electron chi connectivity index (χ2n) is 7.78. The van der Waals surface area contributed by atoms with Crippen LogP contribution in [0.1, 0.15) is 38.5 Å². The third-order valence-electron chi connectivity index (χ3n) is 5.46. The Morgan fingerprint density at radius 2 is 1.96 bits per heavy atom. The Morgan fingerprint density at radius 3 is 2.75 bits per heavy atom. The number of pyridine rings is 1. The van der Waals surface area contributed by atoms with Crippen LogP contribution >= 0.6 is 0 Å². The van der Waals surface area contributed by atoms with E-state index in [1.807, 2.05) is 23.1 Å². The van der Waals surface area contributed by atoms with Gasteiger partial charge in [-0.15, -0.1) is 0 Å². The zero-order chi connectivity index (χ0) is 19.6. The van der Waals surface area contributed by atoms with Crippen molar-refractivity contribution in [2.75, 3.05) is 23.4 Å². The molecule has 0 radical (unpaired) electrons. The van der Waals surface area contributed by atoms with Crippen molar-refractivity contribution in [3.05, 3.63) is 24.5 Å². The molecule has 0 bridgehead atoms. The van der Waals surface area contributed by atoms with Gasteiger partial charge in [0.2, 0.25) is 10.0 Å². The monoisotopic (exact) mass is 404 g/mol. The molecule has 1 fully saturated rings. The predicted octanol–water partition coefficient (Wildman–Crippen LogP) is 2.42. The van der Waals surface area contributed by atoms with Crippen molar-refractivity contribution in [3.63, 3.8) is 0 Å². The first-order valence-corrected chi connectivity index (χ1v) is 11.9. The van der Waals surface area contributed by atoms with Crippen LogP contribution in [0.25, 0.3) is 11.1 Å². The van der Waals surface area contributed by atoms with Crippen LogP contribution in [0.2, 0.25) is 0 Å². The molecule has 0 amide bonds. The van der Waals surface area contributed by atoms with E-state index in [2.05, 4.69) is 31.5 Å². The fraction of sp³-hybridized carbons (Fsp3) is 0.579. The van der Waals surface area contributed by atoms with Crippen molar-refractivity contribution >= 4 is 21.7 Å². The highest BCUT2D eigenvalue weighted by Gasteiger charge is 2.23. The lowest BCUT2D eigenvalue weighted by atomic mass is 9.92. The number of hydrogen-bond donors (Lipinski definition) is 3. The number of anilines is 2. The van der Waals surface area contributed by atoms with E-state index in [4.69, 9.17) is 0 Å². The van der Waals surface area contributed by atoms with E-state index in [9.17, 15) is 8.42 Å². The quantitative estimate of drug-likeness (QED) is 0.708. The molecule has 9 heteroatoms. The number of nitrogens with zero attached hydrogens (tertiary/aromatic N) is 3. The summed E-state index contributed by atoms with van der Waals surface area (Å²) >= 11 is 0. The third kappa shape index (κ3) is 4.64. The van der Waals surface area contributed by atoms with Gasteiger partial charge in [-0.1, -0.05) is 0 Å². The minimum Gasteiger partial charge on any atom is -0.370 e. The molecule has 2 aromatic rings. The fourth-order valence-corrected chi connectivity index (χ4v) is 4.93. The molecular weight excluding hydrogens is 376 g/mol. The normalized spacial score (nSPS) is 22.8. The summed E-state index contributed by atoms with van der Waals surface area (Å²) in [4.78, 5) is 4.48. The molecule has 0 saturated heterocycles. The van der Waals surface area contributed by atoms with Crippen molar-refractivity contribution in [1.29, 1.82) is 0 Å². The molecule has 8 nitrogen and oxygen atoms in total. The molecule has 3 N–H and O–H groups in total. The SMILES string of the molecule is CS(=O)(=O)NC1CCC(Nc2cc(-c3cnn4c3NCCCC4)ccn2)CC1. The number of sulfonamides is 1. The minimum absolute atomic E-state index is 0.0429. The Balaban J connectivity index is 1.42. The topological polar surface area (TPSA) is 101 Å². The fourth-order valence-electron chi connectivity index (χ4n) is 4.09. The number of aryl methyl sites for hydroxylation is 1. The van der Waals surface area contributed by atoms with Crippen LogP contribution in [0.3, 0.4) is 0 Å². The molecule has 0 unspecified atom stereocenters. The third-order valence-corrected chi connectivity index (χ3v) is 6.22. The summed E-state index contributed by atoms with van der Waals surface area (Å²) in [5.41, 5.74) is 2.20. The van der Waals surface area contributed by atoms with Crippen LogP contribution in [-0.2, 0) is 16.6 Å². The summed E-state index contributed by atoms with van der Waals surface area (Å²) in [6, 6.07) is 4.44. The summed E-state index contributed by atoms with van der Waals surface area (Å²) in [5.74, 6) is 1.94. The molecule has 3 heterocycles. The van der Waals surface area contributed by atoms with Crippen molar-refractivity contribution in [1.82, 2.24) is 19.5 Å². The van der Waals surface area contributed by atoms with Crippen LogP contribution in [0.15, 0.2) is 24.5 Å². The molecule has 0 spiro atoms. The Kier molecular flexibility index (Phi) is 5.54. The number of rotatable bonds is 5. The summed E-state index contributed by atoms with van der Waals surface area (Å²) in [6.45, 7) is 1.92. The maximum Gasteiger partial charge on any atom is 0.208 e. The van der Waals surface area contributed by atoms with Gasteiger partial charge in [0.15, 0.2) is 0 Å². The zero-order valence-electron chi connectivity index (χ0n) is 16.2. The van der Waals surface area contributed by atoms with E-state index < -0.39 is 10.0 Å². The van der Waals surface area contributed by atoms with Crippen molar-refractivity contribution in [2.45, 2.75) is 57.2 Å². The smallest absolute Gasteiger partial charge is 0.208 e. The van der Waals surface area contributed by atoms with Crippen LogP contribution in [0, 0.1) is 0 Å². The molecule has 0 aromatic carbocycles. The second-order valence-corrected chi connectivity index (χ2v) is 9.56. The van der Waals surface area contributed by atoms with Crippen molar-refractivity contribution in [2.24, 2.45) is 0 Å².